The average Bonchev–Trinajstić information content (AvgIpc) is 1.96. The molecule has 0 fully saturated rings. The van der Waals surface area contributed by atoms with Crippen molar-refractivity contribution >= 4 is 10.1 Å². The van der Waals surface area contributed by atoms with Crippen molar-refractivity contribution in [3.8, 4) is 0 Å². The largest absolute Gasteiger partial charge is 0.270 e. The van der Waals surface area contributed by atoms with Gasteiger partial charge in [-0.3, -0.25) is 4.18 Å². The van der Waals surface area contributed by atoms with Gasteiger partial charge in [0, 0.05) is 0 Å². The summed E-state index contributed by atoms with van der Waals surface area (Å²) in [6.45, 7) is 4.54. The van der Waals surface area contributed by atoms with E-state index < -0.39 is 10.1 Å². The van der Waals surface area contributed by atoms with E-state index in [0.29, 0.717) is 12.5 Å². The van der Waals surface area contributed by atoms with E-state index in [2.05, 4.69) is 18.0 Å². The molecule has 0 aliphatic rings. The number of hydrogen-bond acceptors (Lipinski definition) is 3. The third-order valence-corrected chi connectivity index (χ3v) is 2.57. The van der Waals surface area contributed by atoms with Crippen LogP contribution in [-0.2, 0) is 14.3 Å². The van der Waals surface area contributed by atoms with Crippen molar-refractivity contribution in [1.82, 2.24) is 0 Å². The Balaban J connectivity index is 3.55. The average molecular weight is 194 g/mol. The number of rotatable bonds is 6. The van der Waals surface area contributed by atoms with Crippen LogP contribution in [0.2, 0.25) is 0 Å². The van der Waals surface area contributed by atoms with Crippen molar-refractivity contribution in [2.24, 2.45) is 5.92 Å². The Hall–Kier alpha value is -0.0900. The molecule has 0 aromatic carbocycles. The molecule has 3 nitrogen and oxygen atoms in total. The van der Waals surface area contributed by atoms with E-state index in [1.165, 1.54) is 0 Å². The summed E-state index contributed by atoms with van der Waals surface area (Å²) in [4.78, 5) is 0. The number of hydrogen-bond donors (Lipinski definition) is 0. The molecule has 0 saturated heterocycles. The Kier molecular flexibility index (Phi) is 5.50. The molecule has 0 atom stereocenters. The first-order chi connectivity index (χ1) is 5.49. The summed E-state index contributed by atoms with van der Waals surface area (Å²) < 4.78 is 25.8. The van der Waals surface area contributed by atoms with Crippen molar-refractivity contribution in [1.29, 1.82) is 0 Å². The fourth-order valence-electron chi connectivity index (χ4n) is 1.06. The molecule has 4 heteroatoms. The van der Waals surface area contributed by atoms with Crippen LogP contribution in [0.4, 0.5) is 0 Å². The summed E-state index contributed by atoms with van der Waals surface area (Å²) in [7, 11) is -3.24. The highest BCUT2D eigenvalue weighted by molar-refractivity contribution is 7.85. The second kappa shape index (κ2) is 5.54. The van der Waals surface area contributed by atoms with Crippen molar-refractivity contribution < 1.29 is 12.6 Å². The van der Waals surface area contributed by atoms with Gasteiger partial charge in [-0.05, 0) is 12.3 Å². The topological polar surface area (TPSA) is 43.4 Å². The molecule has 0 aliphatic heterocycles. The van der Waals surface area contributed by atoms with Crippen LogP contribution in [0.1, 0.15) is 33.1 Å². The van der Waals surface area contributed by atoms with Crippen molar-refractivity contribution in [2.45, 2.75) is 33.1 Å². The summed E-state index contributed by atoms with van der Waals surface area (Å²) in [5, 5.41) is 0. The van der Waals surface area contributed by atoms with Gasteiger partial charge in [-0.15, -0.1) is 0 Å². The maximum atomic E-state index is 10.6. The van der Waals surface area contributed by atoms with Gasteiger partial charge in [-0.25, -0.2) is 0 Å². The molecular weight excluding hydrogens is 176 g/mol. The molecule has 0 unspecified atom stereocenters. The first-order valence-electron chi connectivity index (χ1n) is 4.34. The predicted octanol–water partition coefficient (Wildman–Crippen LogP) is 1.79. The highest BCUT2D eigenvalue weighted by Crippen LogP contribution is 2.12. The van der Waals surface area contributed by atoms with E-state index in [1.54, 1.807) is 0 Å². The molecule has 0 saturated carbocycles. The Morgan fingerprint density at radius 1 is 1.25 bits per heavy atom. The van der Waals surface area contributed by atoms with Gasteiger partial charge in [0.25, 0.3) is 10.1 Å². The van der Waals surface area contributed by atoms with Gasteiger partial charge < -0.3 is 0 Å². The van der Waals surface area contributed by atoms with Crippen LogP contribution in [0, 0.1) is 5.92 Å². The molecule has 0 N–H and O–H groups in total. The van der Waals surface area contributed by atoms with Gasteiger partial charge in [0.15, 0.2) is 0 Å². The lowest BCUT2D eigenvalue weighted by molar-refractivity contribution is 0.278. The van der Waals surface area contributed by atoms with Crippen LogP contribution in [0.25, 0.3) is 0 Å². The zero-order valence-electron chi connectivity index (χ0n) is 8.04. The molecule has 0 heterocycles. The molecule has 0 aliphatic carbocycles. The van der Waals surface area contributed by atoms with Crippen molar-refractivity contribution in [3.05, 3.63) is 0 Å². The molecule has 74 valence electrons. The monoisotopic (exact) mass is 194 g/mol. The van der Waals surface area contributed by atoms with Crippen LogP contribution in [0.5, 0.6) is 0 Å². The molecule has 0 bridgehead atoms. The van der Waals surface area contributed by atoms with Crippen LogP contribution < -0.4 is 0 Å². The van der Waals surface area contributed by atoms with Crippen LogP contribution in [-0.4, -0.2) is 21.3 Å². The highest BCUT2D eigenvalue weighted by atomic mass is 32.2. The third-order valence-electron chi connectivity index (χ3n) is 1.98. The fraction of sp³-hybridized carbons (Fsp3) is 1.00. The normalized spacial score (nSPS) is 12.3. The van der Waals surface area contributed by atoms with Gasteiger partial charge in [0.05, 0.1) is 12.9 Å². The predicted molar refractivity (Wildman–Crippen MR) is 49.5 cm³/mol. The molecular formula is C8H18O3S. The minimum absolute atomic E-state index is 0.325. The minimum Gasteiger partial charge on any atom is -0.270 e. The molecule has 0 aromatic heterocycles. The molecule has 0 spiro atoms. The first-order valence-corrected chi connectivity index (χ1v) is 6.15. The summed E-state index contributed by atoms with van der Waals surface area (Å²) >= 11 is 0. The standard InChI is InChI=1S/C8H18O3S/c1-4-8(5-2)6-7-11-12(3,9)10/h8H,4-7H2,1-3H3. The van der Waals surface area contributed by atoms with E-state index in [-0.39, 0.29) is 0 Å². The molecule has 0 amide bonds. The zero-order chi connectivity index (χ0) is 9.61. The fourth-order valence-corrected chi connectivity index (χ4v) is 1.46. The van der Waals surface area contributed by atoms with Gasteiger partial charge in [0.2, 0.25) is 0 Å². The summed E-state index contributed by atoms with van der Waals surface area (Å²) in [5.74, 6) is 0.590. The lowest BCUT2D eigenvalue weighted by atomic mass is 10.0. The second-order valence-corrected chi connectivity index (χ2v) is 4.64. The van der Waals surface area contributed by atoms with Gasteiger partial charge in [-0.2, -0.15) is 8.42 Å². The zero-order valence-corrected chi connectivity index (χ0v) is 8.86. The van der Waals surface area contributed by atoms with E-state index >= 15 is 0 Å². The lowest BCUT2D eigenvalue weighted by Crippen LogP contribution is -2.08. The highest BCUT2D eigenvalue weighted by Gasteiger charge is 2.06. The van der Waals surface area contributed by atoms with Crippen molar-refractivity contribution in [3.63, 3.8) is 0 Å². The Labute approximate surface area is 75.2 Å². The lowest BCUT2D eigenvalue weighted by Gasteiger charge is -2.10. The Morgan fingerprint density at radius 2 is 1.75 bits per heavy atom. The van der Waals surface area contributed by atoms with E-state index in [0.717, 1.165) is 25.5 Å². The molecule has 12 heavy (non-hydrogen) atoms. The van der Waals surface area contributed by atoms with E-state index in [4.69, 9.17) is 0 Å². The summed E-state index contributed by atoms with van der Waals surface area (Å²) in [6.07, 6.45) is 4.09. The maximum Gasteiger partial charge on any atom is 0.264 e. The SMILES string of the molecule is CCC(CC)CCOS(C)(=O)=O. The third kappa shape index (κ3) is 6.61. The van der Waals surface area contributed by atoms with E-state index in [9.17, 15) is 8.42 Å². The second-order valence-electron chi connectivity index (χ2n) is 3.00. The van der Waals surface area contributed by atoms with Crippen LogP contribution in [0.3, 0.4) is 0 Å². The minimum atomic E-state index is -3.24. The quantitative estimate of drug-likeness (QED) is 0.605. The molecule has 0 aromatic rings. The van der Waals surface area contributed by atoms with Crippen LogP contribution >= 0.6 is 0 Å². The van der Waals surface area contributed by atoms with Gasteiger partial charge in [-0.1, -0.05) is 26.7 Å². The summed E-state index contributed by atoms with van der Waals surface area (Å²) in [5.41, 5.74) is 0. The van der Waals surface area contributed by atoms with Gasteiger partial charge in [0.1, 0.15) is 0 Å². The molecule has 0 rings (SSSR count). The maximum absolute atomic E-state index is 10.6. The smallest absolute Gasteiger partial charge is 0.264 e. The Bertz CT molecular complexity index is 192. The molecule has 0 radical (unpaired) electrons. The van der Waals surface area contributed by atoms with Crippen LogP contribution in [0.15, 0.2) is 0 Å². The Morgan fingerprint density at radius 3 is 2.08 bits per heavy atom. The van der Waals surface area contributed by atoms with E-state index in [1.807, 2.05) is 0 Å². The van der Waals surface area contributed by atoms with Gasteiger partial charge >= 0.3 is 0 Å². The summed E-state index contributed by atoms with van der Waals surface area (Å²) in [6, 6.07) is 0. The van der Waals surface area contributed by atoms with Crippen molar-refractivity contribution in [2.75, 3.05) is 12.9 Å². The first kappa shape index (κ1) is 11.9.